The van der Waals surface area contributed by atoms with Crippen molar-refractivity contribution < 1.29 is 14.7 Å². The Morgan fingerprint density at radius 3 is 2.33 bits per heavy atom. The fourth-order valence-electron chi connectivity index (χ4n) is 0.964. The van der Waals surface area contributed by atoms with Gasteiger partial charge in [-0.15, -0.1) is 0 Å². The van der Waals surface area contributed by atoms with E-state index in [2.05, 4.69) is 5.32 Å². The largest absolute Gasteiger partial charge is 0.508 e. The molecule has 5 heteroatoms. The molecule has 0 bridgehead atoms. The molecule has 1 rings (SSSR count). The summed E-state index contributed by atoms with van der Waals surface area (Å²) in [4.78, 5) is 22.2. The summed E-state index contributed by atoms with van der Waals surface area (Å²) >= 11 is 0. The van der Waals surface area contributed by atoms with E-state index in [4.69, 9.17) is 10.8 Å². The van der Waals surface area contributed by atoms with Crippen molar-refractivity contribution >= 4 is 11.8 Å². The van der Waals surface area contributed by atoms with Crippen LogP contribution in [0.15, 0.2) is 24.3 Å². The molecule has 0 radical (unpaired) electrons. The summed E-state index contributed by atoms with van der Waals surface area (Å²) in [7, 11) is 0. The van der Waals surface area contributed by atoms with Crippen molar-refractivity contribution in [2.75, 3.05) is 0 Å². The van der Waals surface area contributed by atoms with E-state index in [1.165, 1.54) is 31.2 Å². The molecule has 4 N–H and O–H groups in total. The zero-order valence-electron chi connectivity index (χ0n) is 8.23. The normalized spacial score (nSPS) is 11.8. The Bertz CT molecular complexity index is 373. The van der Waals surface area contributed by atoms with Gasteiger partial charge in [0.15, 0.2) is 0 Å². The fraction of sp³-hybridized carbons (Fsp3) is 0.200. The van der Waals surface area contributed by atoms with E-state index in [1.54, 1.807) is 0 Å². The van der Waals surface area contributed by atoms with Gasteiger partial charge in [-0.25, -0.2) is 0 Å². The molecule has 0 aromatic heterocycles. The molecule has 0 saturated heterocycles. The third-order valence-corrected chi connectivity index (χ3v) is 1.90. The fourth-order valence-corrected chi connectivity index (χ4v) is 0.964. The van der Waals surface area contributed by atoms with Crippen LogP contribution in [0.4, 0.5) is 0 Å². The summed E-state index contributed by atoms with van der Waals surface area (Å²) in [6, 6.07) is 4.98. The van der Waals surface area contributed by atoms with Gasteiger partial charge in [0.2, 0.25) is 5.91 Å². The van der Waals surface area contributed by atoms with Crippen LogP contribution in [-0.4, -0.2) is 23.0 Å². The van der Waals surface area contributed by atoms with E-state index in [9.17, 15) is 9.59 Å². The summed E-state index contributed by atoms with van der Waals surface area (Å²) in [6.07, 6.45) is 0. The molecule has 80 valence electrons. The maximum absolute atomic E-state index is 11.5. The molecule has 5 nitrogen and oxygen atoms in total. The zero-order valence-corrected chi connectivity index (χ0v) is 8.23. The lowest BCUT2D eigenvalue weighted by Crippen LogP contribution is -2.42. The van der Waals surface area contributed by atoms with Crippen LogP contribution in [0.5, 0.6) is 5.75 Å². The molecule has 0 saturated carbocycles. The van der Waals surface area contributed by atoms with E-state index >= 15 is 0 Å². The highest BCUT2D eigenvalue weighted by Crippen LogP contribution is 2.09. The molecule has 1 unspecified atom stereocenters. The van der Waals surface area contributed by atoms with Gasteiger partial charge >= 0.3 is 0 Å². The van der Waals surface area contributed by atoms with Crippen LogP contribution in [0.25, 0.3) is 0 Å². The molecular weight excluding hydrogens is 196 g/mol. The smallest absolute Gasteiger partial charge is 0.251 e. The van der Waals surface area contributed by atoms with E-state index in [1.807, 2.05) is 0 Å². The Labute approximate surface area is 86.9 Å². The number of nitrogens with one attached hydrogen (secondary N) is 1. The second-order valence-electron chi connectivity index (χ2n) is 3.14. The second-order valence-corrected chi connectivity index (χ2v) is 3.14. The van der Waals surface area contributed by atoms with Crippen molar-refractivity contribution in [3.63, 3.8) is 0 Å². The minimum absolute atomic E-state index is 0.0782. The maximum atomic E-state index is 11.5. The van der Waals surface area contributed by atoms with Gasteiger partial charge < -0.3 is 16.2 Å². The molecule has 0 heterocycles. The summed E-state index contributed by atoms with van der Waals surface area (Å²) < 4.78 is 0. The van der Waals surface area contributed by atoms with Crippen LogP contribution in [0.2, 0.25) is 0 Å². The van der Waals surface area contributed by atoms with Crippen LogP contribution in [0.3, 0.4) is 0 Å². The van der Waals surface area contributed by atoms with E-state index < -0.39 is 17.9 Å². The third kappa shape index (κ3) is 2.98. The van der Waals surface area contributed by atoms with Crippen molar-refractivity contribution in [2.45, 2.75) is 13.0 Å². The number of amides is 2. The molecule has 15 heavy (non-hydrogen) atoms. The van der Waals surface area contributed by atoms with Crippen molar-refractivity contribution in [3.05, 3.63) is 29.8 Å². The van der Waals surface area contributed by atoms with Gasteiger partial charge in [-0.1, -0.05) is 0 Å². The number of rotatable bonds is 3. The Hall–Kier alpha value is -2.04. The lowest BCUT2D eigenvalue weighted by Gasteiger charge is -2.09. The van der Waals surface area contributed by atoms with Gasteiger partial charge in [0.1, 0.15) is 11.8 Å². The van der Waals surface area contributed by atoms with Crippen LogP contribution in [-0.2, 0) is 4.79 Å². The number of phenols is 1. The van der Waals surface area contributed by atoms with Crippen LogP contribution >= 0.6 is 0 Å². The van der Waals surface area contributed by atoms with E-state index in [0.29, 0.717) is 5.56 Å². The van der Waals surface area contributed by atoms with E-state index in [-0.39, 0.29) is 5.75 Å². The Kier molecular flexibility index (Phi) is 3.28. The number of benzene rings is 1. The third-order valence-electron chi connectivity index (χ3n) is 1.90. The van der Waals surface area contributed by atoms with Gasteiger partial charge in [0.25, 0.3) is 5.91 Å². The number of phenolic OH excluding ortho intramolecular Hbond substituents is 1. The van der Waals surface area contributed by atoms with Gasteiger partial charge in [-0.3, -0.25) is 9.59 Å². The molecular formula is C10H12N2O3. The average Bonchev–Trinajstić information content (AvgIpc) is 2.18. The topological polar surface area (TPSA) is 92.4 Å². The number of hydrogen-bond acceptors (Lipinski definition) is 3. The van der Waals surface area contributed by atoms with Crippen molar-refractivity contribution in [3.8, 4) is 5.75 Å². The van der Waals surface area contributed by atoms with Crippen molar-refractivity contribution in [1.82, 2.24) is 5.32 Å². The molecule has 1 aromatic carbocycles. The van der Waals surface area contributed by atoms with Crippen LogP contribution in [0.1, 0.15) is 17.3 Å². The number of primary amides is 1. The molecule has 0 aliphatic carbocycles. The summed E-state index contributed by atoms with van der Waals surface area (Å²) in [6.45, 7) is 1.50. The SMILES string of the molecule is CC(NC(=O)c1ccc(O)cc1)C(N)=O. The first-order valence-electron chi connectivity index (χ1n) is 4.40. The maximum Gasteiger partial charge on any atom is 0.251 e. The quantitative estimate of drug-likeness (QED) is 0.652. The first kappa shape index (κ1) is 11.0. The Morgan fingerprint density at radius 1 is 1.33 bits per heavy atom. The standard InChI is InChI=1S/C10H12N2O3/c1-6(9(11)14)12-10(15)7-2-4-8(13)5-3-7/h2-6,13H,1H3,(H2,11,14)(H,12,15). The van der Waals surface area contributed by atoms with Gasteiger partial charge in [0.05, 0.1) is 0 Å². The lowest BCUT2D eigenvalue weighted by molar-refractivity contribution is -0.119. The molecule has 0 fully saturated rings. The number of aromatic hydroxyl groups is 1. The molecule has 1 aromatic rings. The zero-order chi connectivity index (χ0) is 11.4. The summed E-state index contributed by atoms with van der Waals surface area (Å²) in [5, 5.41) is 11.4. The van der Waals surface area contributed by atoms with Gasteiger partial charge in [-0.05, 0) is 31.2 Å². The molecule has 0 aliphatic rings. The average molecular weight is 208 g/mol. The predicted molar refractivity (Wildman–Crippen MR) is 54.2 cm³/mol. The molecule has 2 amide bonds. The first-order chi connectivity index (χ1) is 7.00. The minimum atomic E-state index is -0.716. The van der Waals surface area contributed by atoms with Gasteiger partial charge in [0, 0.05) is 5.56 Å². The first-order valence-corrected chi connectivity index (χ1v) is 4.40. The molecule has 1 atom stereocenters. The minimum Gasteiger partial charge on any atom is -0.508 e. The highest BCUT2D eigenvalue weighted by molar-refractivity contribution is 5.97. The second kappa shape index (κ2) is 4.45. The van der Waals surface area contributed by atoms with Crippen molar-refractivity contribution in [2.24, 2.45) is 5.73 Å². The predicted octanol–water partition coefficient (Wildman–Crippen LogP) is -0.00420. The summed E-state index contributed by atoms with van der Waals surface area (Å²) in [5.74, 6) is -0.919. The van der Waals surface area contributed by atoms with Crippen LogP contribution < -0.4 is 11.1 Å². The number of hydrogen-bond donors (Lipinski definition) is 3. The highest BCUT2D eigenvalue weighted by Gasteiger charge is 2.13. The van der Waals surface area contributed by atoms with Crippen molar-refractivity contribution in [1.29, 1.82) is 0 Å². The molecule has 0 aliphatic heterocycles. The number of carbonyl (C=O) groups excluding carboxylic acids is 2. The number of carbonyl (C=O) groups is 2. The number of nitrogens with two attached hydrogens (primary N) is 1. The highest BCUT2D eigenvalue weighted by atomic mass is 16.3. The van der Waals surface area contributed by atoms with Crippen LogP contribution in [0, 0.1) is 0 Å². The summed E-state index contributed by atoms with van der Waals surface area (Å²) in [5.41, 5.74) is 5.35. The Morgan fingerprint density at radius 2 is 1.87 bits per heavy atom. The van der Waals surface area contributed by atoms with Gasteiger partial charge in [-0.2, -0.15) is 0 Å². The monoisotopic (exact) mass is 208 g/mol. The Balaban J connectivity index is 2.69. The lowest BCUT2D eigenvalue weighted by atomic mass is 10.2. The van der Waals surface area contributed by atoms with E-state index in [0.717, 1.165) is 0 Å². The molecule has 0 spiro atoms.